The van der Waals surface area contributed by atoms with Crippen LogP contribution in [0.15, 0.2) is 24.3 Å². The van der Waals surface area contributed by atoms with Crippen molar-refractivity contribution in [3.8, 4) is 5.75 Å². The Bertz CT molecular complexity index is 608. The quantitative estimate of drug-likeness (QED) is 0.739. The maximum Gasteiger partial charge on any atom is 0.240 e. The summed E-state index contributed by atoms with van der Waals surface area (Å²) in [5, 5.41) is 0. The maximum absolute atomic E-state index is 12.6. The number of nitrogens with two attached hydrogens (primary N) is 2. The molecule has 0 fully saturated rings. The fraction of sp³-hybridized carbons (Fsp3) is 0.600. The highest BCUT2D eigenvalue weighted by Crippen LogP contribution is 2.20. The molecule has 0 heterocycles. The van der Waals surface area contributed by atoms with E-state index in [2.05, 4.69) is 0 Å². The van der Waals surface area contributed by atoms with Crippen molar-refractivity contribution >= 4 is 11.8 Å². The van der Waals surface area contributed by atoms with Crippen LogP contribution in [-0.4, -0.2) is 41.4 Å². The van der Waals surface area contributed by atoms with Gasteiger partial charge in [-0.25, -0.2) is 0 Å². The Balaban J connectivity index is 2.88. The van der Waals surface area contributed by atoms with Crippen LogP contribution in [0.1, 0.15) is 46.6 Å². The summed E-state index contributed by atoms with van der Waals surface area (Å²) in [7, 11) is 1.58. The number of ether oxygens (including phenoxy) is 1. The Hall–Kier alpha value is -2.08. The summed E-state index contributed by atoms with van der Waals surface area (Å²) in [6.45, 7) is 9.83. The van der Waals surface area contributed by atoms with Gasteiger partial charge in [0.15, 0.2) is 0 Å². The van der Waals surface area contributed by atoms with Gasteiger partial charge in [0.25, 0.3) is 0 Å². The van der Waals surface area contributed by atoms with Gasteiger partial charge in [-0.1, -0.05) is 32.4 Å². The Morgan fingerprint density at radius 3 is 2.15 bits per heavy atom. The molecule has 0 bridgehead atoms. The van der Waals surface area contributed by atoms with Crippen LogP contribution >= 0.6 is 0 Å². The van der Waals surface area contributed by atoms with Crippen molar-refractivity contribution in [3.05, 3.63) is 29.8 Å². The van der Waals surface area contributed by atoms with E-state index in [1.54, 1.807) is 7.05 Å². The number of primary amides is 1. The van der Waals surface area contributed by atoms with Crippen LogP contribution in [0.2, 0.25) is 0 Å². The molecule has 0 saturated heterocycles. The Morgan fingerprint density at radius 1 is 1.19 bits per heavy atom. The Kier molecular flexibility index (Phi) is 7.63. The highest BCUT2D eigenvalue weighted by molar-refractivity contribution is 5.89. The number of nitrogens with zero attached hydrogens (tertiary/aromatic N) is 1. The number of hydrogen-bond donors (Lipinski definition) is 2. The van der Waals surface area contributed by atoms with Gasteiger partial charge in [-0.3, -0.25) is 9.59 Å². The van der Waals surface area contributed by atoms with Crippen LogP contribution in [0, 0.1) is 5.92 Å². The third-order valence-corrected chi connectivity index (χ3v) is 4.46. The second-order valence-corrected chi connectivity index (χ2v) is 7.84. The molecule has 1 aromatic carbocycles. The van der Waals surface area contributed by atoms with Crippen molar-refractivity contribution in [2.24, 2.45) is 17.4 Å². The van der Waals surface area contributed by atoms with Crippen LogP contribution in [-0.2, 0) is 16.0 Å². The van der Waals surface area contributed by atoms with E-state index in [0.717, 1.165) is 17.7 Å². The molecule has 4 N–H and O–H groups in total. The average Bonchev–Trinajstić information content (AvgIpc) is 2.56. The van der Waals surface area contributed by atoms with Crippen LogP contribution in [0.5, 0.6) is 5.75 Å². The van der Waals surface area contributed by atoms with E-state index >= 15 is 0 Å². The first-order valence-corrected chi connectivity index (χ1v) is 9.05. The lowest BCUT2D eigenvalue weighted by Crippen LogP contribution is -2.53. The molecule has 6 heteroatoms. The van der Waals surface area contributed by atoms with Crippen molar-refractivity contribution in [2.75, 3.05) is 7.05 Å². The fourth-order valence-corrected chi connectivity index (χ4v) is 2.58. The molecule has 0 spiro atoms. The molecule has 6 nitrogen and oxygen atoms in total. The summed E-state index contributed by atoms with van der Waals surface area (Å²) >= 11 is 0. The van der Waals surface area contributed by atoms with Crippen molar-refractivity contribution < 1.29 is 14.3 Å². The van der Waals surface area contributed by atoms with Gasteiger partial charge in [-0.15, -0.1) is 0 Å². The molecule has 0 saturated carbocycles. The summed E-state index contributed by atoms with van der Waals surface area (Å²) in [4.78, 5) is 25.9. The molecule has 1 aromatic rings. The predicted molar refractivity (Wildman–Crippen MR) is 104 cm³/mol. The van der Waals surface area contributed by atoms with Gasteiger partial charge in [0.05, 0.1) is 6.04 Å². The van der Waals surface area contributed by atoms with Crippen molar-refractivity contribution in [1.29, 1.82) is 0 Å². The van der Waals surface area contributed by atoms with Gasteiger partial charge >= 0.3 is 0 Å². The molecule has 146 valence electrons. The lowest BCUT2D eigenvalue weighted by molar-refractivity contribution is -0.139. The van der Waals surface area contributed by atoms with Gasteiger partial charge in [-0.2, -0.15) is 0 Å². The molecule has 1 rings (SSSR count). The number of hydrogen-bond acceptors (Lipinski definition) is 4. The number of benzene rings is 1. The van der Waals surface area contributed by atoms with Gasteiger partial charge < -0.3 is 21.1 Å². The smallest absolute Gasteiger partial charge is 0.240 e. The van der Waals surface area contributed by atoms with Gasteiger partial charge in [-0.05, 0) is 44.4 Å². The molecule has 0 aromatic heterocycles. The third-order valence-electron chi connectivity index (χ3n) is 4.46. The number of rotatable bonds is 8. The Labute approximate surface area is 156 Å². The number of carbonyl (C=O) groups is 2. The summed E-state index contributed by atoms with van der Waals surface area (Å²) in [5.41, 5.74) is 12.2. The van der Waals surface area contributed by atoms with E-state index in [4.69, 9.17) is 16.2 Å². The fourth-order valence-electron chi connectivity index (χ4n) is 2.58. The first-order valence-electron chi connectivity index (χ1n) is 9.05. The lowest BCUT2D eigenvalue weighted by Gasteiger charge is -2.30. The molecule has 26 heavy (non-hydrogen) atoms. The van der Waals surface area contributed by atoms with Crippen LogP contribution < -0.4 is 16.2 Å². The summed E-state index contributed by atoms with van der Waals surface area (Å²) in [6.07, 6.45) is 1.12. The van der Waals surface area contributed by atoms with Gasteiger partial charge in [0.1, 0.15) is 17.4 Å². The average molecular weight is 364 g/mol. The van der Waals surface area contributed by atoms with E-state index < -0.39 is 18.0 Å². The largest absolute Gasteiger partial charge is 0.488 e. The molecular weight excluding hydrogens is 330 g/mol. The van der Waals surface area contributed by atoms with Crippen LogP contribution in [0.4, 0.5) is 0 Å². The minimum atomic E-state index is -0.744. The second-order valence-electron chi connectivity index (χ2n) is 7.84. The van der Waals surface area contributed by atoms with Crippen molar-refractivity contribution in [3.63, 3.8) is 0 Å². The molecule has 0 aliphatic rings. The normalized spacial score (nSPS) is 15.0. The van der Waals surface area contributed by atoms with E-state index in [9.17, 15) is 9.59 Å². The number of likely N-dealkylation sites (N-methyl/N-ethyl adjacent to an activating group) is 1. The zero-order valence-corrected chi connectivity index (χ0v) is 16.8. The highest BCUT2D eigenvalue weighted by Gasteiger charge is 2.30. The topological polar surface area (TPSA) is 98.7 Å². The zero-order chi connectivity index (χ0) is 20.1. The van der Waals surface area contributed by atoms with Crippen LogP contribution in [0.3, 0.4) is 0 Å². The van der Waals surface area contributed by atoms with Gasteiger partial charge in [0.2, 0.25) is 11.8 Å². The SMILES string of the molecule is CC[C@H](C)[C@H](N)C(=O)N(C)[C@@H](Cc1ccc(OC(C)(C)C)cc1)C(N)=O. The lowest BCUT2D eigenvalue weighted by atomic mass is 9.97. The molecule has 0 aliphatic carbocycles. The van der Waals surface area contributed by atoms with Crippen molar-refractivity contribution in [2.45, 2.75) is 65.1 Å². The molecule has 0 unspecified atom stereocenters. The first kappa shape index (κ1) is 22.0. The van der Waals surface area contributed by atoms with E-state index in [-0.39, 0.29) is 17.4 Å². The highest BCUT2D eigenvalue weighted by atomic mass is 16.5. The zero-order valence-electron chi connectivity index (χ0n) is 16.8. The minimum absolute atomic E-state index is 0.0345. The standard InChI is InChI=1S/C20H33N3O3/c1-7-13(2)17(21)19(25)23(6)16(18(22)24)12-14-8-10-15(11-9-14)26-20(3,4)5/h8-11,13,16-17H,7,12,21H2,1-6H3,(H2,22,24)/t13-,16-,17-/m0/s1. The summed E-state index contributed by atoms with van der Waals surface area (Å²) in [6, 6.07) is 6.08. The van der Waals surface area contributed by atoms with Crippen molar-refractivity contribution in [1.82, 2.24) is 4.90 Å². The maximum atomic E-state index is 12.6. The van der Waals surface area contributed by atoms with Gasteiger partial charge in [0, 0.05) is 13.5 Å². The monoisotopic (exact) mass is 363 g/mol. The summed E-state index contributed by atoms with van der Waals surface area (Å²) in [5.74, 6) is -0.0320. The number of amides is 2. The van der Waals surface area contributed by atoms with E-state index in [0.29, 0.717) is 6.42 Å². The van der Waals surface area contributed by atoms with E-state index in [1.807, 2.05) is 58.9 Å². The second kappa shape index (κ2) is 9.03. The van der Waals surface area contributed by atoms with E-state index in [1.165, 1.54) is 4.90 Å². The number of carbonyl (C=O) groups excluding carboxylic acids is 2. The summed E-state index contributed by atoms with van der Waals surface area (Å²) < 4.78 is 5.79. The Morgan fingerprint density at radius 2 is 1.73 bits per heavy atom. The minimum Gasteiger partial charge on any atom is -0.488 e. The first-order chi connectivity index (χ1) is 12.0. The molecule has 0 radical (unpaired) electrons. The molecular formula is C20H33N3O3. The van der Waals surface area contributed by atoms with Crippen LogP contribution in [0.25, 0.3) is 0 Å². The molecule has 0 aliphatic heterocycles. The third kappa shape index (κ3) is 6.33. The molecule has 2 amide bonds. The molecule has 3 atom stereocenters. The predicted octanol–water partition coefficient (Wildman–Crippen LogP) is 2.09.